The molecule has 0 bridgehead atoms. The van der Waals surface area contributed by atoms with Crippen LogP contribution in [-0.2, 0) is 9.59 Å². The van der Waals surface area contributed by atoms with Crippen molar-refractivity contribution in [2.75, 3.05) is 11.9 Å². The Hall–Kier alpha value is -3.74. The number of hydrogen-bond donors (Lipinski definition) is 1. The quantitative estimate of drug-likeness (QED) is 0.359. The van der Waals surface area contributed by atoms with Gasteiger partial charge in [0.25, 0.3) is 17.5 Å². The zero-order valence-corrected chi connectivity index (χ0v) is 15.6. The van der Waals surface area contributed by atoms with Crippen LogP contribution in [0, 0.1) is 24.0 Å². The number of imide groups is 1. The lowest BCUT2D eigenvalue weighted by Crippen LogP contribution is -2.32. The summed E-state index contributed by atoms with van der Waals surface area (Å²) in [5.41, 5.74) is 3.40. The molecular formula is C21H19N3O4. The summed E-state index contributed by atoms with van der Waals surface area (Å²) in [5.74, 6) is -0.925. The highest BCUT2D eigenvalue weighted by molar-refractivity contribution is 6.36. The standard InChI is InChI=1S/C21H19N3O4/c1-4-12-23-20(25)18(15-8-10-16(11-9-15)24(27)28)19(21(23)26)22-17-7-5-6-13(2)14(17)3/h4-11,22H,1,12H2,2-3H3. The Morgan fingerprint density at radius 1 is 1.11 bits per heavy atom. The Morgan fingerprint density at radius 2 is 1.79 bits per heavy atom. The number of aryl methyl sites for hydroxylation is 1. The topological polar surface area (TPSA) is 92.6 Å². The number of amides is 2. The minimum atomic E-state index is -0.515. The summed E-state index contributed by atoms with van der Waals surface area (Å²) >= 11 is 0. The highest BCUT2D eigenvalue weighted by Gasteiger charge is 2.38. The lowest BCUT2D eigenvalue weighted by Gasteiger charge is -2.14. The van der Waals surface area contributed by atoms with E-state index in [1.54, 1.807) is 0 Å². The number of carbonyl (C=O) groups is 2. The van der Waals surface area contributed by atoms with Gasteiger partial charge in [0.15, 0.2) is 0 Å². The molecule has 7 nitrogen and oxygen atoms in total. The van der Waals surface area contributed by atoms with Crippen molar-refractivity contribution in [2.24, 2.45) is 0 Å². The number of carbonyl (C=O) groups excluding carboxylic acids is 2. The average molecular weight is 377 g/mol. The molecule has 0 atom stereocenters. The molecule has 0 radical (unpaired) electrons. The highest BCUT2D eigenvalue weighted by Crippen LogP contribution is 2.32. The normalized spacial score (nSPS) is 13.9. The van der Waals surface area contributed by atoms with Gasteiger partial charge in [-0.25, -0.2) is 0 Å². The number of hydrogen-bond acceptors (Lipinski definition) is 5. The van der Waals surface area contributed by atoms with E-state index < -0.39 is 16.7 Å². The number of anilines is 1. The van der Waals surface area contributed by atoms with Gasteiger partial charge < -0.3 is 5.32 Å². The molecule has 1 aliphatic rings. The van der Waals surface area contributed by atoms with E-state index in [1.807, 2.05) is 32.0 Å². The van der Waals surface area contributed by atoms with E-state index in [2.05, 4.69) is 11.9 Å². The molecule has 0 spiro atoms. The molecule has 2 aromatic rings. The lowest BCUT2D eigenvalue weighted by atomic mass is 10.0. The molecule has 3 rings (SSSR count). The van der Waals surface area contributed by atoms with Crippen LogP contribution in [0.1, 0.15) is 16.7 Å². The summed E-state index contributed by atoms with van der Waals surface area (Å²) in [4.78, 5) is 37.3. The zero-order valence-electron chi connectivity index (χ0n) is 15.6. The third-order valence-corrected chi connectivity index (χ3v) is 4.71. The van der Waals surface area contributed by atoms with E-state index in [1.165, 1.54) is 30.3 Å². The molecule has 7 heteroatoms. The van der Waals surface area contributed by atoms with E-state index in [9.17, 15) is 19.7 Å². The maximum atomic E-state index is 12.9. The molecule has 0 unspecified atom stereocenters. The molecule has 28 heavy (non-hydrogen) atoms. The van der Waals surface area contributed by atoms with E-state index in [4.69, 9.17) is 0 Å². The van der Waals surface area contributed by atoms with Crippen LogP contribution in [0.2, 0.25) is 0 Å². The predicted octanol–water partition coefficient (Wildman–Crippen LogP) is 3.59. The number of nitrogens with zero attached hydrogens (tertiary/aromatic N) is 2. The van der Waals surface area contributed by atoms with Crippen molar-refractivity contribution in [3.05, 3.63) is 87.6 Å². The summed E-state index contributed by atoms with van der Waals surface area (Å²) in [7, 11) is 0. The first kappa shape index (κ1) is 19.0. The molecule has 1 heterocycles. The molecule has 1 aliphatic heterocycles. The first-order chi connectivity index (χ1) is 13.3. The highest BCUT2D eigenvalue weighted by atomic mass is 16.6. The maximum absolute atomic E-state index is 12.9. The second-order valence-electron chi connectivity index (χ2n) is 6.44. The number of rotatable bonds is 6. The van der Waals surface area contributed by atoms with Crippen LogP contribution in [0.25, 0.3) is 5.57 Å². The lowest BCUT2D eigenvalue weighted by molar-refractivity contribution is -0.384. The van der Waals surface area contributed by atoms with Gasteiger partial charge in [0.2, 0.25) is 0 Å². The summed E-state index contributed by atoms with van der Waals surface area (Å²) < 4.78 is 0. The molecule has 0 aliphatic carbocycles. The molecular weight excluding hydrogens is 358 g/mol. The van der Waals surface area contributed by atoms with Crippen LogP contribution >= 0.6 is 0 Å². The van der Waals surface area contributed by atoms with Crippen LogP contribution in [0.3, 0.4) is 0 Å². The van der Waals surface area contributed by atoms with Gasteiger partial charge in [-0.3, -0.25) is 24.6 Å². The largest absolute Gasteiger partial charge is 0.350 e. The number of nitro benzene ring substituents is 1. The van der Waals surface area contributed by atoms with E-state index in [-0.39, 0.29) is 23.5 Å². The third kappa shape index (κ3) is 3.29. The maximum Gasteiger partial charge on any atom is 0.278 e. The molecule has 142 valence electrons. The number of nitro groups is 1. The Kier molecular flexibility index (Phi) is 5.08. The van der Waals surface area contributed by atoms with Crippen LogP contribution < -0.4 is 5.32 Å². The fourth-order valence-corrected chi connectivity index (χ4v) is 3.03. The fraction of sp³-hybridized carbons (Fsp3) is 0.143. The SMILES string of the molecule is C=CCN1C(=O)C(Nc2cccc(C)c2C)=C(c2ccc([N+](=O)[O-])cc2)C1=O. The fourth-order valence-electron chi connectivity index (χ4n) is 3.03. The second kappa shape index (κ2) is 7.48. The Labute approximate surface area is 162 Å². The van der Waals surface area contributed by atoms with Crippen LogP contribution in [0.15, 0.2) is 60.8 Å². The van der Waals surface area contributed by atoms with Gasteiger partial charge in [-0.1, -0.05) is 18.2 Å². The van der Waals surface area contributed by atoms with E-state index >= 15 is 0 Å². The molecule has 2 aromatic carbocycles. The molecule has 0 saturated heterocycles. The predicted molar refractivity (Wildman–Crippen MR) is 106 cm³/mol. The van der Waals surface area contributed by atoms with Crippen molar-refractivity contribution < 1.29 is 14.5 Å². The van der Waals surface area contributed by atoms with Crippen molar-refractivity contribution in [3.8, 4) is 0 Å². The summed E-state index contributed by atoms with van der Waals surface area (Å²) in [6.07, 6.45) is 1.48. The van der Waals surface area contributed by atoms with Crippen LogP contribution in [0.5, 0.6) is 0 Å². The Bertz CT molecular complexity index is 1020. The molecule has 0 saturated carbocycles. The third-order valence-electron chi connectivity index (χ3n) is 4.71. The smallest absolute Gasteiger partial charge is 0.278 e. The van der Waals surface area contributed by atoms with Crippen molar-refractivity contribution in [1.82, 2.24) is 4.90 Å². The number of nitrogens with one attached hydrogen (secondary N) is 1. The van der Waals surface area contributed by atoms with Gasteiger partial charge in [0.1, 0.15) is 5.70 Å². The second-order valence-corrected chi connectivity index (χ2v) is 6.44. The van der Waals surface area contributed by atoms with Gasteiger partial charge >= 0.3 is 0 Å². The van der Waals surface area contributed by atoms with Gasteiger partial charge in [0, 0.05) is 24.4 Å². The van der Waals surface area contributed by atoms with E-state index in [0.29, 0.717) is 5.56 Å². The van der Waals surface area contributed by atoms with Gasteiger partial charge in [0.05, 0.1) is 10.5 Å². The molecule has 0 fully saturated rings. The first-order valence-electron chi connectivity index (χ1n) is 8.64. The van der Waals surface area contributed by atoms with Crippen LogP contribution in [0.4, 0.5) is 11.4 Å². The molecule has 0 aromatic heterocycles. The van der Waals surface area contributed by atoms with Crippen molar-refractivity contribution in [1.29, 1.82) is 0 Å². The average Bonchev–Trinajstić information content (AvgIpc) is 2.90. The van der Waals surface area contributed by atoms with Gasteiger partial charge in [-0.15, -0.1) is 6.58 Å². The van der Waals surface area contributed by atoms with Gasteiger partial charge in [-0.05, 0) is 48.7 Å². The Morgan fingerprint density at radius 3 is 2.39 bits per heavy atom. The minimum Gasteiger partial charge on any atom is -0.350 e. The Balaban J connectivity index is 2.11. The number of benzene rings is 2. The van der Waals surface area contributed by atoms with Crippen molar-refractivity contribution in [2.45, 2.75) is 13.8 Å². The van der Waals surface area contributed by atoms with E-state index in [0.717, 1.165) is 21.7 Å². The monoisotopic (exact) mass is 377 g/mol. The first-order valence-corrected chi connectivity index (χ1v) is 8.64. The van der Waals surface area contributed by atoms with Crippen LogP contribution in [-0.4, -0.2) is 28.2 Å². The summed E-state index contributed by atoms with van der Waals surface area (Å²) in [6.45, 7) is 7.55. The van der Waals surface area contributed by atoms with Crippen molar-refractivity contribution in [3.63, 3.8) is 0 Å². The van der Waals surface area contributed by atoms with Crippen molar-refractivity contribution >= 4 is 28.8 Å². The molecule has 2 amide bonds. The zero-order chi connectivity index (χ0) is 20.4. The molecule has 1 N–H and O–H groups in total. The van der Waals surface area contributed by atoms with Gasteiger partial charge in [-0.2, -0.15) is 0 Å². The minimum absolute atomic E-state index is 0.0755. The summed E-state index contributed by atoms with van der Waals surface area (Å²) in [6, 6.07) is 11.2. The number of non-ortho nitro benzene ring substituents is 1. The summed E-state index contributed by atoms with van der Waals surface area (Å²) in [5, 5.41) is 14.0.